The van der Waals surface area contributed by atoms with Gasteiger partial charge in [0.2, 0.25) is 5.91 Å². The van der Waals surface area contributed by atoms with Crippen molar-refractivity contribution in [3.63, 3.8) is 0 Å². The summed E-state index contributed by atoms with van der Waals surface area (Å²) in [6.07, 6.45) is 7.60. The van der Waals surface area contributed by atoms with Crippen LogP contribution < -0.4 is 5.32 Å². The molecule has 2 aliphatic rings. The van der Waals surface area contributed by atoms with Crippen molar-refractivity contribution in [3.8, 4) is 0 Å². The van der Waals surface area contributed by atoms with Crippen LogP contribution in [-0.4, -0.2) is 23.5 Å². The van der Waals surface area contributed by atoms with Crippen molar-refractivity contribution in [2.24, 2.45) is 5.92 Å². The summed E-state index contributed by atoms with van der Waals surface area (Å²) in [5.74, 6) is 1.21. The van der Waals surface area contributed by atoms with Crippen molar-refractivity contribution in [1.29, 1.82) is 0 Å². The number of nitrogens with zero attached hydrogens (tertiary/aromatic N) is 1. The van der Waals surface area contributed by atoms with E-state index in [0.29, 0.717) is 0 Å². The van der Waals surface area contributed by atoms with Crippen LogP contribution in [0.4, 0.5) is 0 Å². The van der Waals surface area contributed by atoms with Crippen molar-refractivity contribution >= 4 is 5.91 Å². The molecule has 0 radical (unpaired) electrons. The number of carbonyl (C=O) groups is 1. The van der Waals surface area contributed by atoms with Crippen LogP contribution in [0.25, 0.3) is 0 Å². The Kier molecular flexibility index (Phi) is 4.59. The molecule has 0 aromatic heterocycles. The molecular formula is C18H26N2O. The monoisotopic (exact) mass is 286 g/mol. The number of carbonyl (C=O) groups excluding carboxylic acids is 1. The Morgan fingerprint density at radius 1 is 1.19 bits per heavy atom. The molecule has 1 aliphatic carbocycles. The highest BCUT2D eigenvalue weighted by Gasteiger charge is 2.38. The Morgan fingerprint density at radius 3 is 2.62 bits per heavy atom. The van der Waals surface area contributed by atoms with Crippen LogP contribution in [0.15, 0.2) is 30.3 Å². The minimum Gasteiger partial charge on any atom is -0.325 e. The number of benzene rings is 1. The third kappa shape index (κ3) is 3.46. The Morgan fingerprint density at radius 2 is 1.95 bits per heavy atom. The maximum atomic E-state index is 12.7. The van der Waals surface area contributed by atoms with Gasteiger partial charge in [0.25, 0.3) is 0 Å². The molecule has 2 unspecified atom stereocenters. The summed E-state index contributed by atoms with van der Waals surface area (Å²) in [5.41, 5.74) is 1.09. The van der Waals surface area contributed by atoms with Crippen LogP contribution in [0, 0.1) is 5.92 Å². The quantitative estimate of drug-likeness (QED) is 0.832. The number of rotatable bonds is 7. The fourth-order valence-electron chi connectivity index (χ4n) is 3.29. The van der Waals surface area contributed by atoms with Gasteiger partial charge in [0.05, 0.1) is 6.17 Å². The highest BCUT2D eigenvalue weighted by atomic mass is 16.2. The maximum Gasteiger partial charge on any atom is 0.245 e. The summed E-state index contributed by atoms with van der Waals surface area (Å²) < 4.78 is 0. The minimum atomic E-state index is -0.149. The first kappa shape index (κ1) is 14.6. The van der Waals surface area contributed by atoms with Crippen LogP contribution >= 0.6 is 0 Å². The summed E-state index contributed by atoms with van der Waals surface area (Å²) in [4.78, 5) is 14.8. The van der Waals surface area contributed by atoms with E-state index in [4.69, 9.17) is 0 Å². The number of hydrogen-bond donors (Lipinski definition) is 1. The molecule has 1 heterocycles. The van der Waals surface area contributed by atoms with Gasteiger partial charge in [-0.15, -0.1) is 0 Å². The van der Waals surface area contributed by atoms with Gasteiger partial charge in [-0.25, -0.2) is 0 Å². The van der Waals surface area contributed by atoms with E-state index in [1.54, 1.807) is 0 Å². The van der Waals surface area contributed by atoms with Crippen molar-refractivity contribution in [1.82, 2.24) is 10.2 Å². The molecule has 1 aromatic rings. The zero-order valence-corrected chi connectivity index (χ0v) is 12.9. The molecule has 1 aliphatic heterocycles. The van der Waals surface area contributed by atoms with Gasteiger partial charge in [-0.3, -0.25) is 10.1 Å². The first-order valence-electron chi connectivity index (χ1n) is 8.41. The van der Waals surface area contributed by atoms with E-state index < -0.39 is 0 Å². The number of hydrogen-bond acceptors (Lipinski definition) is 2. The van der Waals surface area contributed by atoms with E-state index in [1.165, 1.54) is 19.3 Å². The molecule has 2 fully saturated rings. The van der Waals surface area contributed by atoms with Crippen LogP contribution in [0.5, 0.6) is 0 Å². The molecule has 0 spiro atoms. The van der Waals surface area contributed by atoms with E-state index >= 15 is 0 Å². The Bertz CT molecular complexity index is 469. The smallest absolute Gasteiger partial charge is 0.245 e. The fourth-order valence-corrected chi connectivity index (χ4v) is 3.29. The van der Waals surface area contributed by atoms with Gasteiger partial charge in [-0.2, -0.15) is 0 Å². The third-order valence-corrected chi connectivity index (χ3v) is 4.67. The summed E-state index contributed by atoms with van der Waals surface area (Å²) in [5, 5.41) is 3.54. The molecule has 1 saturated carbocycles. The van der Waals surface area contributed by atoms with Crippen LogP contribution in [0.1, 0.15) is 57.1 Å². The van der Waals surface area contributed by atoms with Gasteiger partial charge in [0, 0.05) is 6.54 Å². The second-order valence-corrected chi connectivity index (χ2v) is 6.43. The molecule has 114 valence electrons. The molecule has 1 aromatic carbocycles. The van der Waals surface area contributed by atoms with Gasteiger partial charge in [0.15, 0.2) is 0 Å². The Hall–Kier alpha value is -1.35. The second-order valence-electron chi connectivity index (χ2n) is 6.43. The number of amides is 1. The zero-order valence-electron chi connectivity index (χ0n) is 12.9. The van der Waals surface area contributed by atoms with E-state index in [0.717, 1.165) is 37.3 Å². The molecule has 0 bridgehead atoms. The van der Waals surface area contributed by atoms with Crippen molar-refractivity contribution in [2.45, 2.75) is 57.7 Å². The van der Waals surface area contributed by atoms with Gasteiger partial charge in [0.1, 0.15) is 6.04 Å². The Labute approximate surface area is 127 Å². The van der Waals surface area contributed by atoms with Crippen molar-refractivity contribution in [2.75, 3.05) is 6.54 Å². The molecule has 1 N–H and O–H groups in total. The molecule has 1 amide bonds. The molecular weight excluding hydrogens is 260 g/mol. The minimum absolute atomic E-state index is 0.149. The highest BCUT2D eigenvalue weighted by molar-refractivity contribution is 5.85. The van der Waals surface area contributed by atoms with Crippen molar-refractivity contribution < 1.29 is 4.79 Å². The second kappa shape index (κ2) is 6.61. The van der Waals surface area contributed by atoms with E-state index in [2.05, 4.69) is 17.1 Å². The Balaban J connectivity index is 1.65. The van der Waals surface area contributed by atoms with E-state index in [1.807, 2.05) is 30.3 Å². The predicted octanol–water partition coefficient (Wildman–Crippen LogP) is 3.48. The summed E-state index contributed by atoms with van der Waals surface area (Å²) >= 11 is 0. The maximum absolute atomic E-state index is 12.7. The lowest BCUT2D eigenvalue weighted by molar-refractivity contribution is -0.130. The molecule has 2 atom stereocenters. The lowest BCUT2D eigenvalue weighted by Crippen LogP contribution is -2.37. The molecule has 3 rings (SSSR count). The molecule has 1 saturated heterocycles. The van der Waals surface area contributed by atoms with Crippen LogP contribution in [-0.2, 0) is 4.79 Å². The normalized spacial score (nSPS) is 25.6. The van der Waals surface area contributed by atoms with Crippen LogP contribution in [0.3, 0.4) is 0 Å². The summed E-state index contributed by atoms with van der Waals surface area (Å²) in [6.45, 7) is 3.10. The van der Waals surface area contributed by atoms with Crippen LogP contribution in [0.2, 0.25) is 0 Å². The lowest BCUT2D eigenvalue weighted by atomic mass is 10.1. The van der Waals surface area contributed by atoms with Gasteiger partial charge in [-0.1, -0.05) is 56.5 Å². The first-order valence-corrected chi connectivity index (χ1v) is 8.41. The predicted molar refractivity (Wildman–Crippen MR) is 84.7 cm³/mol. The molecule has 3 nitrogen and oxygen atoms in total. The zero-order chi connectivity index (χ0) is 14.7. The largest absolute Gasteiger partial charge is 0.325 e. The molecule has 21 heavy (non-hydrogen) atoms. The van der Waals surface area contributed by atoms with Gasteiger partial charge < -0.3 is 4.90 Å². The average Bonchev–Trinajstić information content (AvgIpc) is 3.28. The van der Waals surface area contributed by atoms with Gasteiger partial charge >= 0.3 is 0 Å². The van der Waals surface area contributed by atoms with Crippen molar-refractivity contribution in [3.05, 3.63) is 35.9 Å². The standard InChI is InChI=1S/C18H26N2O/c1-2-7-16-19-17(15-9-4-3-5-10-15)18(21)20(16)13-6-8-14-11-12-14/h3-5,9-10,14,16-17,19H,2,6-8,11-13H2,1H3. The summed E-state index contributed by atoms with van der Waals surface area (Å²) in [7, 11) is 0. The third-order valence-electron chi connectivity index (χ3n) is 4.67. The van der Waals surface area contributed by atoms with E-state index in [-0.39, 0.29) is 18.1 Å². The highest BCUT2D eigenvalue weighted by Crippen LogP contribution is 2.34. The summed E-state index contributed by atoms with van der Waals surface area (Å²) in [6, 6.07) is 9.96. The lowest BCUT2D eigenvalue weighted by Gasteiger charge is -2.23. The average molecular weight is 286 g/mol. The SMILES string of the molecule is CCCC1NC(c2ccccc2)C(=O)N1CCCC1CC1. The molecule has 3 heteroatoms. The topological polar surface area (TPSA) is 32.3 Å². The van der Waals surface area contributed by atoms with Gasteiger partial charge in [-0.05, 0) is 30.7 Å². The van der Waals surface area contributed by atoms with E-state index in [9.17, 15) is 4.79 Å². The first-order chi connectivity index (χ1) is 10.3. The fraction of sp³-hybridized carbons (Fsp3) is 0.611. The number of nitrogens with one attached hydrogen (secondary N) is 1.